The molecule has 0 radical (unpaired) electrons. The molecular formula is C9H8BF3KN. The van der Waals surface area contributed by atoms with Crippen molar-refractivity contribution in [2.75, 3.05) is 0 Å². The second-order valence-corrected chi connectivity index (χ2v) is 2.90. The molecule has 0 aliphatic rings. The molecule has 0 fully saturated rings. The smallest absolute Gasteiger partial charge is 0.449 e. The minimum Gasteiger partial charge on any atom is -0.449 e. The molecule has 0 amide bonds. The fourth-order valence-electron chi connectivity index (χ4n) is 1.16. The Morgan fingerprint density at radius 1 is 1.40 bits per heavy atom. The molecule has 15 heavy (non-hydrogen) atoms. The van der Waals surface area contributed by atoms with Crippen molar-refractivity contribution in [1.82, 2.24) is 4.98 Å². The number of nitrogens with zero attached hydrogens (tertiary/aromatic N) is 1. The normalized spacial score (nSPS) is 10.3. The van der Waals surface area contributed by atoms with Crippen LogP contribution in [0.3, 0.4) is 0 Å². The summed E-state index contributed by atoms with van der Waals surface area (Å²) in [5, 5.41) is 0. The van der Waals surface area contributed by atoms with E-state index in [9.17, 15) is 12.9 Å². The Kier molecular flexibility index (Phi) is 6.80. The second-order valence-electron chi connectivity index (χ2n) is 2.90. The van der Waals surface area contributed by atoms with Crippen molar-refractivity contribution in [3.8, 4) is 12.3 Å². The van der Waals surface area contributed by atoms with Crippen molar-refractivity contribution < 1.29 is 64.3 Å². The summed E-state index contributed by atoms with van der Waals surface area (Å²) >= 11 is 0. The van der Waals surface area contributed by atoms with E-state index in [1.54, 1.807) is 0 Å². The molecule has 0 aliphatic heterocycles. The van der Waals surface area contributed by atoms with Gasteiger partial charge >= 0.3 is 58.4 Å². The third-order valence-electron chi connectivity index (χ3n) is 1.71. The maximum Gasteiger partial charge on any atom is 1.00 e. The van der Waals surface area contributed by atoms with E-state index in [1.807, 2.05) is 0 Å². The number of halogens is 3. The molecule has 0 aliphatic carbocycles. The Balaban J connectivity index is 0.00000196. The van der Waals surface area contributed by atoms with Gasteiger partial charge in [0.15, 0.2) is 0 Å². The van der Waals surface area contributed by atoms with E-state index in [1.165, 1.54) is 18.3 Å². The maximum absolute atomic E-state index is 12.1. The van der Waals surface area contributed by atoms with Crippen LogP contribution >= 0.6 is 0 Å². The van der Waals surface area contributed by atoms with Crippen molar-refractivity contribution in [1.29, 1.82) is 0 Å². The van der Waals surface area contributed by atoms with Crippen LogP contribution in [0.2, 0.25) is 0 Å². The molecule has 0 N–H and O–H groups in total. The quantitative estimate of drug-likeness (QED) is 0.495. The van der Waals surface area contributed by atoms with E-state index in [-0.39, 0.29) is 63.4 Å². The predicted molar refractivity (Wildman–Crippen MR) is 49.6 cm³/mol. The zero-order chi connectivity index (χ0) is 10.6. The van der Waals surface area contributed by atoms with Crippen molar-refractivity contribution in [2.24, 2.45) is 0 Å². The molecule has 0 saturated carbocycles. The summed E-state index contributed by atoms with van der Waals surface area (Å²) in [6.45, 7) is -4.82. The molecule has 0 spiro atoms. The van der Waals surface area contributed by atoms with Crippen LogP contribution in [0, 0.1) is 12.3 Å². The van der Waals surface area contributed by atoms with Crippen molar-refractivity contribution in [3.05, 3.63) is 29.6 Å². The van der Waals surface area contributed by atoms with Crippen LogP contribution in [0.5, 0.6) is 0 Å². The first kappa shape index (κ1) is 15.2. The van der Waals surface area contributed by atoms with Gasteiger partial charge in [0.05, 0.1) is 12.1 Å². The minimum atomic E-state index is -4.82. The summed E-state index contributed by atoms with van der Waals surface area (Å²) in [5.74, 6) is 2.29. The molecule has 1 aromatic rings. The fraction of sp³-hybridized carbons (Fsp3) is 0.222. The molecule has 1 rings (SSSR count). The van der Waals surface area contributed by atoms with Gasteiger partial charge < -0.3 is 12.9 Å². The van der Waals surface area contributed by atoms with Gasteiger partial charge in [-0.1, -0.05) is 17.9 Å². The number of aromatic nitrogens is 1. The van der Waals surface area contributed by atoms with E-state index >= 15 is 0 Å². The van der Waals surface area contributed by atoms with Crippen LogP contribution in [0.1, 0.15) is 11.3 Å². The molecule has 0 saturated heterocycles. The van der Waals surface area contributed by atoms with Gasteiger partial charge in [-0.05, 0) is 6.07 Å². The van der Waals surface area contributed by atoms with Gasteiger partial charge in [0, 0.05) is 6.20 Å². The minimum absolute atomic E-state index is 0. The number of terminal acetylenes is 1. The summed E-state index contributed by atoms with van der Waals surface area (Å²) in [5.41, 5.74) is 0.521. The number of pyridine rings is 1. The Labute approximate surface area is 129 Å². The molecule has 6 heteroatoms. The first-order valence-electron chi connectivity index (χ1n) is 4.10. The van der Waals surface area contributed by atoms with E-state index in [0.29, 0.717) is 5.69 Å². The van der Waals surface area contributed by atoms with Gasteiger partial charge in [-0.3, -0.25) is 4.98 Å². The van der Waals surface area contributed by atoms with Gasteiger partial charge in [0.25, 0.3) is 0 Å². The first-order valence-corrected chi connectivity index (χ1v) is 4.10. The van der Waals surface area contributed by atoms with Crippen LogP contribution < -0.4 is 51.4 Å². The zero-order valence-electron chi connectivity index (χ0n) is 8.38. The van der Waals surface area contributed by atoms with E-state index < -0.39 is 13.3 Å². The van der Waals surface area contributed by atoms with Crippen molar-refractivity contribution in [2.45, 2.75) is 12.7 Å². The van der Waals surface area contributed by atoms with Gasteiger partial charge in [-0.15, -0.1) is 12.3 Å². The van der Waals surface area contributed by atoms with E-state index in [2.05, 4.69) is 10.9 Å². The number of hydrogen-bond donors (Lipinski definition) is 0. The van der Waals surface area contributed by atoms with E-state index in [0.717, 1.165) is 0 Å². The molecular weight excluding hydrogens is 229 g/mol. The molecule has 0 unspecified atom stereocenters. The molecule has 1 aromatic heterocycles. The number of rotatable bonds is 3. The third-order valence-corrected chi connectivity index (χ3v) is 1.71. The molecule has 0 bridgehead atoms. The number of hydrogen-bond acceptors (Lipinski definition) is 1. The largest absolute Gasteiger partial charge is 1.00 e. The molecule has 0 aromatic carbocycles. The monoisotopic (exact) mass is 237 g/mol. The molecule has 1 nitrogen and oxygen atoms in total. The standard InChI is InChI=1S/C9H8BF3N.K/c1-2-4-9-8(5-3-6-14-9)7-10(11,12)13;/h1,3,5-6H,4,7H2;/q-1;+1. The van der Waals surface area contributed by atoms with Gasteiger partial charge in [-0.2, -0.15) is 0 Å². The summed E-state index contributed by atoms with van der Waals surface area (Å²) < 4.78 is 36.4. The van der Waals surface area contributed by atoms with E-state index in [4.69, 9.17) is 6.42 Å². The summed E-state index contributed by atoms with van der Waals surface area (Å²) in [7, 11) is 0. The summed E-state index contributed by atoms with van der Waals surface area (Å²) in [4.78, 5) is 3.82. The molecule has 74 valence electrons. The third kappa shape index (κ3) is 5.73. The summed E-state index contributed by atoms with van der Waals surface area (Å²) in [6.07, 6.45) is 5.70. The van der Waals surface area contributed by atoms with Crippen LogP contribution in [0.25, 0.3) is 0 Å². The van der Waals surface area contributed by atoms with Crippen molar-refractivity contribution >= 4 is 6.98 Å². The SMILES string of the molecule is C#CCc1ncccc1C[B-](F)(F)F.[K+]. The predicted octanol–water partition coefficient (Wildman–Crippen LogP) is -0.810. The van der Waals surface area contributed by atoms with Crippen LogP contribution in [-0.4, -0.2) is 12.0 Å². The Hall–Kier alpha value is 0.201. The summed E-state index contributed by atoms with van der Waals surface area (Å²) in [6, 6.07) is 2.89. The Morgan fingerprint density at radius 2 is 2.07 bits per heavy atom. The molecule has 1 heterocycles. The van der Waals surface area contributed by atoms with Gasteiger partial charge in [0.2, 0.25) is 0 Å². The Morgan fingerprint density at radius 3 is 2.60 bits per heavy atom. The zero-order valence-corrected chi connectivity index (χ0v) is 11.5. The molecule has 0 atom stereocenters. The van der Waals surface area contributed by atoms with Gasteiger partial charge in [-0.25, -0.2) is 0 Å². The average molecular weight is 237 g/mol. The maximum atomic E-state index is 12.1. The topological polar surface area (TPSA) is 12.9 Å². The van der Waals surface area contributed by atoms with Crippen LogP contribution in [0.15, 0.2) is 18.3 Å². The Bertz CT molecular complexity index is 359. The second kappa shape index (κ2) is 6.71. The first-order chi connectivity index (χ1) is 6.53. The van der Waals surface area contributed by atoms with Crippen LogP contribution in [0.4, 0.5) is 12.9 Å². The average Bonchev–Trinajstić information content (AvgIpc) is 2.06. The van der Waals surface area contributed by atoms with Gasteiger partial charge in [0.1, 0.15) is 0 Å². The fourth-order valence-corrected chi connectivity index (χ4v) is 1.16. The van der Waals surface area contributed by atoms with Crippen LogP contribution in [-0.2, 0) is 12.7 Å². The van der Waals surface area contributed by atoms with Crippen molar-refractivity contribution in [3.63, 3.8) is 0 Å².